The van der Waals surface area contributed by atoms with E-state index in [1.165, 1.54) is 31.4 Å². The van der Waals surface area contributed by atoms with Gasteiger partial charge in [-0.3, -0.25) is 10.1 Å². The van der Waals surface area contributed by atoms with Gasteiger partial charge in [-0.05, 0) is 65.9 Å². The summed E-state index contributed by atoms with van der Waals surface area (Å²) in [7, 11) is 1.32. The van der Waals surface area contributed by atoms with Crippen molar-refractivity contribution in [3.8, 4) is 0 Å². The van der Waals surface area contributed by atoms with Gasteiger partial charge in [0.25, 0.3) is 5.69 Å². The summed E-state index contributed by atoms with van der Waals surface area (Å²) < 4.78 is 9.90. The third kappa shape index (κ3) is 6.74. The number of nitro benzene ring substituents is 1. The van der Waals surface area contributed by atoms with E-state index >= 15 is 0 Å². The van der Waals surface area contributed by atoms with Gasteiger partial charge in [0.05, 0.1) is 23.2 Å². The zero-order valence-corrected chi connectivity index (χ0v) is 19.7. The van der Waals surface area contributed by atoms with Gasteiger partial charge in [0.2, 0.25) is 0 Å². The molecule has 0 fully saturated rings. The average molecular weight is 472 g/mol. The van der Waals surface area contributed by atoms with Crippen LogP contribution in [0.3, 0.4) is 0 Å². The molecule has 0 unspecified atom stereocenters. The summed E-state index contributed by atoms with van der Waals surface area (Å²) in [5.74, 6) is -1.07. The highest BCUT2D eigenvalue weighted by Gasteiger charge is 2.17. The van der Waals surface area contributed by atoms with Crippen molar-refractivity contribution in [2.24, 2.45) is 0 Å². The molecule has 0 aliphatic heterocycles. The second-order valence-electron chi connectivity index (χ2n) is 7.85. The maximum atomic E-state index is 12.4. The number of carbonyl (C=O) groups is 2. The normalized spacial score (nSPS) is 11.1. The number of aryl methyl sites for hydroxylation is 2. The molecule has 0 aromatic heterocycles. The Kier molecular flexibility index (Phi) is 8.29. The van der Waals surface area contributed by atoms with Gasteiger partial charge in [-0.15, -0.1) is 0 Å². The SMILES string of the molecule is COC(=O)C=Cc1cc(C)c(C=Cc2ccc(C(=O)OCc3ccccc3)cc2[N+](=O)[O-])c(C)c1. The molecule has 0 saturated carbocycles. The molecule has 0 saturated heterocycles. The van der Waals surface area contributed by atoms with Gasteiger partial charge >= 0.3 is 11.9 Å². The van der Waals surface area contributed by atoms with Crippen LogP contribution in [0.4, 0.5) is 5.69 Å². The smallest absolute Gasteiger partial charge is 0.338 e. The van der Waals surface area contributed by atoms with Crippen LogP contribution in [-0.2, 0) is 20.9 Å². The highest BCUT2D eigenvalue weighted by atomic mass is 16.6. The molecule has 3 aromatic rings. The van der Waals surface area contributed by atoms with Gasteiger partial charge in [-0.2, -0.15) is 0 Å². The third-order valence-corrected chi connectivity index (χ3v) is 5.33. The molecule has 3 rings (SSSR count). The van der Waals surface area contributed by atoms with Crippen LogP contribution in [0.5, 0.6) is 0 Å². The van der Waals surface area contributed by atoms with Crippen molar-refractivity contribution in [3.05, 3.63) is 116 Å². The van der Waals surface area contributed by atoms with E-state index in [9.17, 15) is 19.7 Å². The first kappa shape index (κ1) is 25.1. The molecule has 0 aliphatic rings. The molecular weight excluding hydrogens is 446 g/mol. The van der Waals surface area contributed by atoms with Gasteiger partial charge in [-0.1, -0.05) is 48.5 Å². The number of rotatable bonds is 8. The van der Waals surface area contributed by atoms with Crippen molar-refractivity contribution in [1.82, 2.24) is 0 Å². The standard InChI is InChI=1S/C28H25NO6/c1-19-15-22(9-14-27(30)34-3)16-20(2)25(19)13-12-23-10-11-24(17-26(23)29(32)33)28(31)35-18-21-7-5-4-6-8-21/h4-17H,18H2,1-3H3. The van der Waals surface area contributed by atoms with Gasteiger partial charge < -0.3 is 9.47 Å². The zero-order valence-electron chi connectivity index (χ0n) is 19.7. The minimum Gasteiger partial charge on any atom is -0.466 e. The van der Waals surface area contributed by atoms with Crippen LogP contribution in [0.2, 0.25) is 0 Å². The van der Waals surface area contributed by atoms with Crippen molar-refractivity contribution in [3.63, 3.8) is 0 Å². The second-order valence-corrected chi connectivity index (χ2v) is 7.85. The molecule has 0 bridgehead atoms. The number of methoxy groups -OCH3 is 1. The van der Waals surface area contributed by atoms with E-state index in [1.54, 1.807) is 18.2 Å². The lowest BCUT2D eigenvalue weighted by Gasteiger charge is -2.08. The lowest BCUT2D eigenvalue weighted by Crippen LogP contribution is -2.06. The van der Waals surface area contributed by atoms with E-state index in [4.69, 9.17) is 4.74 Å². The van der Waals surface area contributed by atoms with Crippen LogP contribution in [0.25, 0.3) is 18.2 Å². The fraction of sp³-hybridized carbons (Fsp3) is 0.143. The minimum atomic E-state index is -0.630. The summed E-state index contributed by atoms with van der Waals surface area (Å²) in [4.78, 5) is 34.9. The summed E-state index contributed by atoms with van der Waals surface area (Å²) in [5.41, 5.74) is 4.73. The first-order chi connectivity index (χ1) is 16.8. The average Bonchev–Trinajstić information content (AvgIpc) is 2.85. The lowest BCUT2D eigenvalue weighted by atomic mass is 9.97. The molecule has 0 atom stereocenters. The third-order valence-electron chi connectivity index (χ3n) is 5.33. The molecule has 0 aliphatic carbocycles. The fourth-order valence-electron chi connectivity index (χ4n) is 3.55. The molecule has 35 heavy (non-hydrogen) atoms. The summed E-state index contributed by atoms with van der Waals surface area (Å²) in [6, 6.07) is 17.3. The van der Waals surface area contributed by atoms with Crippen molar-refractivity contribution in [1.29, 1.82) is 0 Å². The van der Waals surface area contributed by atoms with Crippen LogP contribution in [0.15, 0.2) is 66.7 Å². The lowest BCUT2D eigenvalue weighted by molar-refractivity contribution is -0.385. The van der Waals surface area contributed by atoms with Crippen LogP contribution >= 0.6 is 0 Å². The Balaban J connectivity index is 1.81. The molecule has 3 aromatic carbocycles. The van der Waals surface area contributed by atoms with Gasteiger partial charge in [-0.25, -0.2) is 9.59 Å². The van der Waals surface area contributed by atoms with Gasteiger partial charge in [0, 0.05) is 12.1 Å². The number of hydrogen-bond acceptors (Lipinski definition) is 6. The molecule has 7 heteroatoms. The predicted octanol–water partition coefficient (Wildman–Crippen LogP) is 5.93. The largest absolute Gasteiger partial charge is 0.466 e. The van der Waals surface area contributed by atoms with Gasteiger partial charge in [0.1, 0.15) is 6.61 Å². The fourth-order valence-corrected chi connectivity index (χ4v) is 3.55. The van der Waals surface area contributed by atoms with E-state index in [2.05, 4.69) is 4.74 Å². The zero-order chi connectivity index (χ0) is 25.4. The summed E-state index contributed by atoms with van der Waals surface area (Å²) in [5, 5.41) is 11.7. The molecular formula is C28H25NO6. The van der Waals surface area contributed by atoms with E-state index in [0.29, 0.717) is 5.56 Å². The van der Waals surface area contributed by atoms with E-state index in [1.807, 2.05) is 56.3 Å². The maximum Gasteiger partial charge on any atom is 0.338 e. The summed E-state index contributed by atoms with van der Waals surface area (Å²) in [6.45, 7) is 3.92. The van der Waals surface area contributed by atoms with Crippen molar-refractivity contribution in [2.45, 2.75) is 20.5 Å². The van der Waals surface area contributed by atoms with E-state index in [-0.39, 0.29) is 17.9 Å². The molecule has 0 amide bonds. The molecule has 178 valence electrons. The number of esters is 2. The van der Waals surface area contributed by atoms with E-state index in [0.717, 1.165) is 27.8 Å². The highest BCUT2D eigenvalue weighted by Crippen LogP contribution is 2.26. The van der Waals surface area contributed by atoms with Crippen LogP contribution in [0, 0.1) is 24.0 Å². The number of hydrogen-bond donors (Lipinski definition) is 0. The Hall–Kier alpha value is -4.52. The highest BCUT2D eigenvalue weighted by molar-refractivity contribution is 5.91. The number of nitro groups is 1. The van der Waals surface area contributed by atoms with Crippen molar-refractivity contribution in [2.75, 3.05) is 7.11 Å². The Labute approximate surface area is 203 Å². The van der Waals surface area contributed by atoms with Crippen molar-refractivity contribution < 1.29 is 24.0 Å². The molecule has 7 nitrogen and oxygen atoms in total. The number of nitrogens with zero attached hydrogens (tertiary/aromatic N) is 1. The Morgan fingerprint density at radius 3 is 2.26 bits per heavy atom. The molecule has 0 N–H and O–H groups in total. The Morgan fingerprint density at radius 2 is 1.63 bits per heavy atom. The van der Waals surface area contributed by atoms with Crippen molar-refractivity contribution >= 4 is 35.9 Å². The molecule has 0 spiro atoms. The second kappa shape index (κ2) is 11.6. The summed E-state index contributed by atoms with van der Waals surface area (Å²) >= 11 is 0. The molecule has 0 heterocycles. The monoisotopic (exact) mass is 471 g/mol. The maximum absolute atomic E-state index is 12.4. The first-order valence-electron chi connectivity index (χ1n) is 10.8. The Morgan fingerprint density at radius 1 is 0.943 bits per heavy atom. The number of benzene rings is 3. The number of ether oxygens (including phenoxy) is 2. The van der Waals surface area contributed by atoms with E-state index < -0.39 is 16.9 Å². The van der Waals surface area contributed by atoms with Crippen LogP contribution in [-0.4, -0.2) is 24.0 Å². The Bertz CT molecular complexity index is 1290. The quantitative estimate of drug-likeness (QED) is 0.133. The summed E-state index contributed by atoms with van der Waals surface area (Å²) in [6.07, 6.45) is 6.46. The van der Waals surface area contributed by atoms with Gasteiger partial charge in [0.15, 0.2) is 0 Å². The van der Waals surface area contributed by atoms with Crippen LogP contribution < -0.4 is 0 Å². The number of carbonyl (C=O) groups excluding carboxylic acids is 2. The van der Waals surface area contributed by atoms with Crippen LogP contribution in [0.1, 0.15) is 43.7 Å². The molecule has 0 radical (unpaired) electrons. The minimum absolute atomic E-state index is 0.0818. The first-order valence-corrected chi connectivity index (χ1v) is 10.8. The predicted molar refractivity (Wildman–Crippen MR) is 135 cm³/mol. The topological polar surface area (TPSA) is 95.7 Å².